The number of aromatic nitrogens is 2. The van der Waals surface area contributed by atoms with E-state index < -0.39 is 0 Å². The molecule has 1 aliphatic carbocycles. The van der Waals surface area contributed by atoms with Crippen LogP contribution in [0.4, 0.5) is 0 Å². The summed E-state index contributed by atoms with van der Waals surface area (Å²) in [5.41, 5.74) is 2.73. The van der Waals surface area contributed by atoms with Crippen LogP contribution in [0.5, 0.6) is 0 Å². The first-order valence-electron chi connectivity index (χ1n) is 7.97. The van der Waals surface area contributed by atoms with E-state index in [0.29, 0.717) is 6.54 Å². The Morgan fingerprint density at radius 2 is 1.86 bits per heavy atom. The molecule has 0 bridgehead atoms. The number of hydrogen-bond acceptors (Lipinski definition) is 3. The van der Waals surface area contributed by atoms with Gasteiger partial charge in [-0.15, -0.1) is 0 Å². The van der Waals surface area contributed by atoms with Crippen LogP contribution >= 0.6 is 0 Å². The summed E-state index contributed by atoms with van der Waals surface area (Å²) in [5.74, 6) is 0.392. The normalized spacial score (nSPS) is 15.5. The fourth-order valence-corrected chi connectivity index (χ4v) is 2.89. The molecule has 0 aromatic carbocycles. The molecule has 22 heavy (non-hydrogen) atoms. The molecule has 0 radical (unpaired) electrons. The molecule has 3 rings (SSSR count). The second-order valence-corrected chi connectivity index (χ2v) is 5.82. The van der Waals surface area contributed by atoms with Gasteiger partial charge in [0.15, 0.2) is 0 Å². The standard InChI is InChI=1S/C18H21N3O/c22-18(15-6-2-1-3-7-15)21-13-14-9-10-17(20-12-14)16-8-4-5-11-19-16/h4-5,8-12,15H,1-3,6-7,13H2,(H,21,22). The second-order valence-electron chi connectivity index (χ2n) is 5.82. The van der Waals surface area contributed by atoms with Gasteiger partial charge in [-0.05, 0) is 36.6 Å². The van der Waals surface area contributed by atoms with Gasteiger partial charge < -0.3 is 5.32 Å². The average Bonchev–Trinajstić information content (AvgIpc) is 2.61. The Hall–Kier alpha value is -2.23. The lowest BCUT2D eigenvalue weighted by molar-refractivity contribution is -0.126. The Morgan fingerprint density at radius 1 is 1.05 bits per heavy atom. The molecule has 2 aromatic rings. The van der Waals surface area contributed by atoms with E-state index in [4.69, 9.17) is 0 Å². The van der Waals surface area contributed by atoms with Crippen LogP contribution in [0.2, 0.25) is 0 Å². The number of rotatable bonds is 4. The van der Waals surface area contributed by atoms with Crippen LogP contribution in [-0.4, -0.2) is 15.9 Å². The molecular weight excluding hydrogens is 274 g/mol. The van der Waals surface area contributed by atoms with Gasteiger partial charge in [0.05, 0.1) is 11.4 Å². The SMILES string of the molecule is O=C(NCc1ccc(-c2ccccn2)nc1)C1CCCCC1. The number of pyridine rings is 2. The van der Waals surface area contributed by atoms with E-state index in [9.17, 15) is 4.79 Å². The van der Waals surface area contributed by atoms with Crippen molar-refractivity contribution in [3.8, 4) is 11.4 Å². The molecule has 1 fully saturated rings. The second kappa shape index (κ2) is 7.16. The van der Waals surface area contributed by atoms with Crippen molar-refractivity contribution in [2.45, 2.75) is 38.6 Å². The molecular formula is C18H21N3O. The van der Waals surface area contributed by atoms with Gasteiger partial charge in [-0.25, -0.2) is 0 Å². The molecule has 0 unspecified atom stereocenters. The molecule has 4 nitrogen and oxygen atoms in total. The molecule has 1 N–H and O–H groups in total. The highest BCUT2D eigenvalue weighted by Crippen LogP contribution is 2.23. The molecule has 2 heterocycles. The highest BCUT2D eigenvalue weighted by Gasteiger charge is 2.20. The van der Waals surface area contributed by atoms with Crippen molar-refractivity contribution in [1.29, 1.82) is 0 Å². The van der Waals surface area contributed by atoms with Crippen molar-refractivity contribution in [3.63, 3.8) is 0 Å². The first kappa shape index (κ1) is 14.7. The minimum Gasteiger partial charge on any atom is -0.352 e. The van der Waals surface area contributed by atoms with Crippen LogP contribution < -0.4 is 5.32 Å². The van der Waals surface area contributed by atoms with E-state index in [-0.39, 0.29) is 11.8 Å². The van der Waals surface area contributed by atoms with Crippen LogP contribution in [0, 0.1) is 5.92 Å². The van der Waals surface area contributed by atoms with Crippen molar-refractivity contribution >= 4 is 5.91 Å². The fraction of sp³-hybridized carbons (Fsp3) is 0.389. The number of carbonyl (C=O) groups is 1. The lowest BCUT2D eigenvalue weighted by Crippen LogP contribution is -2.31. The predicted octanol–water partition coefficient (Wildman–Crippen LogP) is 3.34. The number of amides is 1. The molecule has 1 saturated carbocycles. The maximum atomic E-state index is 12.1. The van der Waals surface area contributed by atoms with Gasteiger partial charge in [-0.2, -0.15) is 0 Å². The van der Waals surface area contributed by atoms with Crippen LogP contribution in [0.15, 0.2) is 42.7 Å². The first-order chi connectivity index (χ1) is 10.8. The summed E-state index contributed by atoms with van der Waals surface area (Å²) in [5, 5.41) is 3.03. The molecule has 0 spiro atoms. The maximum Gasteiger partial charge on any atom is 0.223 e. The van der Waals surface area contributed by atoms with Gasteiger partial charge in [0.2, 0.25) is 5.91 Å². The van der Waals surface area contributed by atoms with Crippen molar-refractivity contribution in [3.05, 3.63) is 48.3 Å². The van der Waals surface area contributed by atoms with E-state index in [1.807, 2.05) is 36.5 Å². The van der Waals surface area contributed by atoms with E-state index in [1.54, 1.807) is 6.20 Å². The summed E-state index contributed by atoms with van der Waals surface area (Å²) in [7, 11) is 0. The van der Waals surface area contributed by atoms with Gasteiger partial charge in [-0.1, -0.05) is 31.4 Å². The van der Waals surface area contributed by atoms with Crippen molar-refractivity contribution in [1.82, 2.24) is 15.3 Å². The zero-order valence-corrected chi connectivity index (χ0v) is 12.7. The summed E-state index contributed by atoms with van der Waals surface area (Å²) >= 11 is 0. The minimum atomic E-state index is 0.188. The quantitative estimate of drug-likeness (QED) is 0.941. The highest BCUT2D eigenvalue weighted by molar-refractivity contribution is 5.78. The van der Waals surface area contributed by atoms with Gasteiger partial charge in [-0.3, -0.25) is 14.8 Å². The predicted molar refractivity (Wildman–Crippen MR) is 85.9 cm³/mol. The van der Waals surface area contributed by atoms with Gasteiger partial charge in [0, 0.05) is 24.9 Å². The third kappa shape index (κ3) is 3.70. The van der Waals surface area contributed by atoms with Crippen molar-refractivity contribution in [2.75, 3.05) is 0 Å². The Morgan fingerprint density at radius 3 is 2.55 bits per heavy atom. The fourth-order valence-electron chi connectivity index (χ4n) is 2.89. The average molecular weight is 295 g/mol. The molecule has 0 atom stereocenters. The van der Waals surface area contributed by atoms with Crippen LogP contribution in [-0.2, 0) is 11.3 Å². The van der Waals surface area contributed by atoms with Crippen LogP contribution in [0.1, 0.15) is 37.7 Å². The molecule has 114 valence electrons. The monoisotopic (exact) mass is 295 g/mol. The highest BCUT2D eigenvalue weighted by atomic mass is 16.1. The lowest BCUT2D eigenvalue weighted by atomic mass is 9.88. The topological polar surface area (TPSA) is 54.9 Å². The number of nitrogens with one attached hydrogen (secondary N) is 1. The lowest BCUT2D eigenvalue weighted by Gasteiger charge is -2.20. The largest absolute Gasteiger partial charge is 0.352 e. The number of carbonyl (C=O) groups excluding carboxylic acids is 1. The van der Waals surface area contributed by atoms with Gasteiger partial charge >= 0.3 is 0 Å². The van der Waals surface area contributed by atoms with E-state index in [2.05, 4.69) is 15.3 Å². The van der Waals surface area contributed by atoms with E-state index in [0.717, 1.165) is 29.8 Å². The zero-order valence-electron chi connectivity index (χ0n) is 12.7. The van der Waals surface area contributed by atoms with E-state index >= 15 is 0 Å². The summed E-state index contributed by atoms with van der Waals surface area (Å²) in [6.45, 7) is 0.546. The Kier molecular flexibility index (Phi) is 4.78. The number of hydrogen-bond donors (Lipinski definition) is 1. The summed E-state index contributed by atoms with van der Waals surface area (Å²) < 4.78 is 0. The van der Waals surface area contributed by atoms with Crippen molar-refractivity contribution in [2.24, 2.45) is 5.92 Å². The Balaban J connectivity index is 1.56. The Bertz CT molecular complexity index is 604. The van der Waals surface area contributed by atoms with E-state index in [1.165, 1.54) is 19.3 Å². The minimum absolute atomic E-state index is 0.188. The smallest absolute Gasteiger partial charge is 0.223 e. The summed E-state index contributed by atoms with van der Waals surface area (Å²) in [6, 6.07) is 9.72. The molecule has 4 heteroatoms. The third-order valence-electron chi connectivity index (χ3n) is 4.19. The van der Waals surface area contributed by atoms with Gasteiger partial charge in [0.25, 0.3) is 0 Å². The molecule has 0 aliphatic heterocycles. The first-order valence-corrected chi connectivity index (χ1v) is 7.97. The molecule has 0 saturated heterocycles. The third-order valence-corrected chi connectivity index (χ3v) is 4.19. The van der Waals surface area contributed by atoms with Crippen LogP contribution in [0.3, 0.4) is 0 Å². The molecule has 1 amide bonds. The van der Waals surface area contributed by atoms with Crippen molar-refractivity contribution < 1.29 is 4.79 Å². The Labute approximate surface area is 131 Å². The molecule has 1 aliphatic rings. The van der Waals surface area contributed by atoms with Gasteiger partial charge in [0.1, 0.15) is 0 Å². The zero-order chi connectivity index (χ0) is 15.2. The maximum absolute atomic E-state index is 12.1. The number of nitrogens with zero attached hydrogens (tertiary/aromatic N) is 2. The summed E-state index contributed by atoms with van der Waals surface area (Å²) in [4.78, 5) is 20.8. The summed E-state index contributed by atoms with van der Waals surface area (Å²) in [6.07, 6.45) is 9.26. The van der Waals surface area contributed by atoms with Crippen LogP contribution in [0.25, 0.3) is 11.4 Å². The molecule has 2 aromatic heterocycles.